The maximum atomic E-state index is 8.43. The molecular formula is C14H15N5OS. The smallest absolute Gasteiger partial charge is 0.205 e. The molecule has 0 aliphatic heterocycles. The van der Waals surface area contributed by atoms with Gasteiger partial charge in [-0.05, 0) is 36.2 Å². The van der Waals surface area contributed by atoms with Gasteiger partial charge in [0.15, 0.2) is 0 Å². The van der Waals surface area contributed by atoms with Gasteiger partial charge in [-0.15, -0.1) is 11.3 Å². The number of nitrogens with zero attached hydrogens (tertiary/aromatic N) is 3. The first-order valence-electron chi connectivity index (χ1n) is 6.38. The Kier molecular flexibility index (Phi) is 5.55. The Morgan fingerprint density at radius 1 is 1.43 bits per heavy atom. The van der Waals surface area contributed by atoms with Gasteiger partial charge in [0.2, 0.25) is 5.13 Å². The standard InChI is InChI=1S/C14H15N5OS/c15-7-1-2-8-20-12-5-3-11(4-6-12)9-17-19-14-18-13(16)10-21-14/h3-6,9-10H,1-2,8,16H2,(H,18,19). The third-order valence-electron chi connectivity index (χ3n) is 2.48. The van der Waals surface area contributed by atoms with Gasteiger partial charge in [0.05, 0.1) is 18.9 Å². The van der Waals surface area contributed by atoms with Crippen LogP contribution in [0.25, 0.3) is 0 Å². The SMILES string of the molecule is N#CCCCOc1ccc(C=NNc2nc(N)cs2)cc1. The van der Waals surface area contributed by atoms with Gasteiger partial charge in [-0.3, -0.25) is 5.43 Å². The molecule has 2 rings (SSSR count). The Morgan fingerprint density at radius 3 is 2.90 bits per heavy atom. The lowest BCUT2D eigenvalue weighted by Crippen LogP contribution is -1.96. The summed E-state index contributed by atoms with van der Waals surface area (Å²) in [7, 11) is 0. The number of nitrogens with two attached hydrogens (primary N) is 1. The van der Waals surface area contributed by atoms with Crippen molar-refractivity contribution in [1.29, 1.82) is 5.26 Å². The Hall–Kier alpha value is -2.59. The van der Waals surface area contributed by atoms with Crippen molar-refractivity contribution in [2.75, 3.05) is 17.8 Å². The predicted octanol–water partition coefficient (Wildman–Crippen LogP) is 2.85. The number of nitrogens with one attached hydrogen (secondary N) is 1. The van der Waals surface area contributed by atoms with Crippen molar-refractivity contribution in [2.24, 2.45) is 5.10 Å². The van der Waals surface area contributed by atoms with Crippen molar-refractivity contribution in [2.45, 2.75) is 12.8 Å². The van der Waals surface area contributed by atoms with Crippen LogP contribution in [0.3, 0.4) is 0 Å². The lowest BCUT2D eigenvalue weighted by atomic mass is 10.2. The van der Waals surface area contributed by atoms with Gasteiger partial charge >= 0.3 is 0 Å². The van der Waals surface area contributed by atoms with Crippen LogP contribution in [-0.4, -0.2) is 17.8 Å². The molecule has 0 radical (unpaired) electrons. The maximum absolute atomic E-state index is 8.43. The van der Waals surface area contributed by atoms with E-state index >= 15 is 0 Å². The van der Waals surface area contributed by atoms with Crippen LogP contribution in [0.5, 0.6) is 5.75 Å². The zero-order valence-corrected chi connectivity index (χ0v) is 12.1. The number of unbranched alkanes of at least 4 members (excludes halogenated alkanes) is 1. The Labute approximate surface area is 126 Å². The third kappa shape index (κ3) is 5.12. The molecule has 0 aliphatic carbocycles. The van der Waals surface area contributed by atoms with Crippen LogP contribution in [0.1, 0.15) is 18.4 Å². The molecular weight excluding hydrogens is 286 g/mol. The molecule has 21 heavy (non-hydrogen) atoms. The second-order valence-electron chi connectivity index (χ2n) is 4.13. The largest absolute Gasteiger partial charge is 0.494 e. The highest BCUT2D eigenvalue weighted by atomic mass is 32.1. The molecule has 0 bridgehead atoms. The summed E-state index contributed by atoms with van der Waals surface area (Å²) in [6, 6.07) is 9.63. The molecule has 1 aromatic carbocycles. The number of thiazole rings is 1. The summed E-state index contributed by atoms with van der Waals surface area (Å²) in [5.41, 5.74) is 9.27. The summed E-state index contributed by atoms with van der Waals surface area (Å²) in [6.07, 6.45) is 2.94. The van der Waals surface area contributed by atoms with Gasteiger partial charge in [-0.1, -0.05) is 0 Å². The average Bonchev–Trinajstić information content (AvgIpc) is 2.91. The van der Waals surface area contributed by atoms with Gasteiger partial charge in [-0.2, -0.15) is 10.4 Å². The fraction of sp³-hybridized carbons (Fsp3) is 0.214. The summed E-state index contributed by atoms with van der Waals surface area (Å²) >= 11 is 1.40. The lowest BCUT2D eigenvalue weighted by molar-refractivity contribution is 0.312. The van der Waals surface area contributed by atoms with Crippen molar-refractivity contribution in [3.63, 3.8) is 0 Å². The van der Waals surface area contributed by atoms with E-state index in [0.717, 1.165) is 17.7 Å². The van der Waals surface area contributed by atoms with Gasteiger partial charge in [0.25, 0.3) is 0 Å². The fourth-order valence-corrected chi connectivity index (χ4v) is 2.04. The van der Waals surface area contributed by atoms with E-state index in [-0.39, 0.29) is 0 Å². The zero-order valence-electron chi connectivity index (χ0n) is 11.3. The van der Waals surface area contributed by atoms with E-state index in [4.69, 9.17) is 15.7 Å². The van der Waals surface area contributed by atoms with Crippen molar-refractivity contribution in [1.82, 2.24) is 4.98 Å². The molecule has 108 valence electrons. The minimum atomic E-state index is 0.482. The van der Waals surface area contributed by atoms with Crippen LogP contribution < -0.4 is 15.9 Å². The minimum absolute atomic E-state index is 0.482. The second-order valence-corrected chi connectivity index (χ2v) is 4.98. The van der Waals surface area contributed by atoms with E-state index in [0.29, 0.717) is 24.0 Å². The monoisotopic (exact) mass is 301 g/mol. The third-order valence-corrected chi connectivity index (χ3v) is 3.24. The number of ether oxygens (including phenoxy) is 1. The molecule has 2 aromatic rings. The molecule has 0 amide bonds. The normalized spacial score (nSPS) is 10.4. The number of benzene rings is 1. The zero-order chi connectivity index (χ0) is 14.9. The second kappa shape index (κ2) is 7.87. The van der Waals surface area contributed by atoms with E-state index in [1.165, 1.54) is 11.3 Å². The molecule has 1 aromatic heterocycles. The highest BCUT2D eigenvalue weighted by Crippen LogP contribution is 2.16. The average molecular weight is 301 g/mol. The van der Waals surface area contributed by atoms with E-state index in [9.17, 15) is 0 Å². The number of hydrazone groups is 1. The minimum Gasteiger partial charge on any atom is -0.494 e. The summed E-state index contributed by atoms with van der Waals surface area (Å²) in [5.74, 6) is 1.27. The van der Waals surface area contributed by atoms with E-state index in [1.54, 1.807) is 11.6 Å². The molecule has 0 unspecified atom stereocenters. The van der Waals surface area contributed by atoms with Gasteiger partial charge < -0.3 is 10.5 Å². The van der Waals surface area contributed by atoms with E-state index in [2.05, 4.69) is 21.6 Å². The first-order chi connectivity index (χ1) is 10.3. The first-order valence-corrected chi connectivity index (χ1v) is 7.26. The molecule has 1 heterocycles. The number of rotatable bonds is 7. The Morgan fingerprint density at radius 2 is 2.24 bits per heavy atom. The number of nitriles is 1. The number of nitrogen functional groups attached to an aromatic ring is 1. The molecule has 0 atom stereocenters. The molecule has 0 aliphatic rings. The van der Waals surface area contributed by atoms with E-state index in [1.807, 2.05) is 24.3 Å². The van der Waals surface area contributed by atoms with Crippen molar-refractivity contribution in [3.05, 3.63) is 35.2 Å². The van der Waals surface area contributed by atoms with Crippen molar-refractivity contribution >= 4 is 28.5 Å². The molecule has 0 saturated carbocycles. The molecule has 0 fully saturated rings. The number of aromatic nitrogens is 1. The molecule has 7 heteroatoms. The van der Waals surface area contributed by atoms with Crippen LogP contribution in [0, 0.1) is 11.3 Å². The van der Waals surface area contributed by atoms with E-state index < -0.39 is 0 Å². The summed E-state index contributed by atoms with van der Waals surface area (Å²) < 4.78 is 5.51. The highest BCUT2D eigenvalue weighted by molar-refractivity contribution is 7.14. The number of hydrogen-bond donors (Lipinski definition) is 2. The summed E-state index contributed by atoms with van der Waals surface area (Å²) in [5, 5.41) is 14.9. The van der Waals surface area contributed by atoms with Gasteiger partial charge in [0.1, 0.15) is 11.6 Å². The number of anilines is 2. The topological polar surface area (TPSA) is 96.3 Å². The number of hydrogen-bond acceptors (Lipinski definition) is 7. The maximum Gasteiger partial charge on any atom is 0.205 e. The molecule has 0 spiro atoms. The Balaban J connectivity index is 1.80. The van der Waals surface area contributed by atoms with Crippen LogP contribution in [0.4, 0.5) is 10.9 Å². The van der Waals surface area contributed by atoms with Crippen LogP contribution in [0.2, 0.25) is 0 Å². The highest BCUT2D eigenvalue weighted by Gasteiger charge is 1.96. The lowest BCUT2D eigenvalue weighted by Gasteiger charge is -2.04. The molecule has 0 saturated heterocycles. The summed E-state index contributed by atoms with van der Waals surface area (Å²) in [4.78, 5) is 4.03. The Bertz CT molecular complexity index is 630. The fourth-order valence-electron chi connectivity index (χ4n) is 1.49. The van der Waals surface area contributed by atoms with Crippen LogP contribution in [-0.2, 0) is 0 Å². The molecule has 6 nitrogen and oxygen atoms in total. The molecule has 3 N–H and O–H groups in total. The van der Waals surface area contributed by atoms with Gasteiger partial charge in [0, 0.05) is 11.8 Å². The first kappa shape index (κ1) is 14.8. The van der Waals surface area contributed by atoms with Crippen LogP contribution >= 0.6 is 11.3 Å². The van der Waals surface area contributed by atoms with Gasteiger partial charge in [-0.25, -0.2) is 4.98 Å². The predicted molar refractivity (Wildman–Crippen MR) is 84.5 cm³/mol. The summed E-state index contributed by atoms with van der Waals surface area (Å²) in [6.45, 7) is 0.550. The van der Waals surface area contributed by atoms with Crippen molar-refractivity contribution in [3.8, 4) is 11.8 Å². The van der Waals surface area contributed by atoms with Crippen LogP contribution in [0.15, 0.2) is 34.7 Å². The quantitative estimate of drug-likeness (QED) is 0.465. The van der Waals surface area contributed by atoms with Crippen molar-refractivity contribution < 1.29 is 4.74 Å².